The van der Waals surface area contributed by atoms with Crippen molar-refractivity contribution in [3.8, 4) is 0 Å². The third-order valence-corrected chi connectivity index (χ3v) is 5.18. The summed E-state index contributed by atoms with van der Waals surface area (Å²) < 4.78 is 5.77. The van der Waals surface area contributed by atoms with Gasteiger partial charge in [-0.2, -0.15) is 0 Å². The quantitative estimate of drug-likeness (QED) is 0.768. The Morgan fingerprint density at radius 1 is 1.21 bits per heavy atom. The topological polar surface area (TPSA) is 24.5 Å². The first-order valence-corrected chi connectivity index (χ1v) is 8.31. The number of hydrogen-bond donors (Lipinski definition) is 1. The molecule has 0 aromatic carbocycles. The van der Waals surface area contributed by atoms with Crippen molar-refractivity contribution in [2.75, 3.05) is 33.3 Å². The van der Waals surface area contributed by atoms with Crippen LogP contribution in [0.15, 0.2) is 0 Å². The summed E-state index contributed by atoms with van der Waals surface area (Å²) in [5.41, 5.74) is 0.419. The van der Waals surface area contributed by atoms with Crippen LogP contribution in [-0.2, 0) is 4.74 Å². The summed E-state index contributed by atoms with van der Waals surface area (Å²) >= 11 is 0. The molecule has 2 fully saturated rings. The van der Waals surface area contributed by atoms with Crippen molar-refractivity contribution in [1.82, 2.24) is 10.2 Å². The van der Waals surface area contributed by atoms with Crippen molar-refractivity contribution in [3.63, 3.8) is 0 Å². The van der Waals surface area contributed by atoms with Crippen molar-refractivity contribution in [2.45, 2.75) is 69.9 Å². The Labute approximate surface area is 119 Å². The second-order valence-electron chi connectivity index (χ2n) is 6.37. The van der Waals surface area contributed by atoms with E-state index in [0.29, 0.717) is 11.6 Å². The first-order valence-electron chi connectivity index (χ1n) is 8.31. The number of nitrogens with zero attached hydrogens (tertiary/aromatic N) is 1. The van der Waals surface area contributed by atoms with Gasteiger partial charge >= 0.3 is 0 Å². The van der Waals surface area contributed by atoms with E-state index in [4.69, 9.17) is 4.74 Å². The molecule has 1 unspecified atom stereocenters. The highest BCUT2D eigenvalue weighted by atomic mass is 16.5. The summed E-state index contributed by atoms with van der Waals surface area (Å²) in [5.74, 6) is 0. The van der Waals surface area contributed by atoms with Crippen LogP contribution in [0.5, 0.6) is 0 Å². The smallest absolute Gasteiger partial charge is 0.0702 e. The van der Waals surface area contributed by atoms with E-state index in [-0.39, 0.29) is 0 Å². The molecule has 1 heterocycles. The molecular weight excluding hydrogens is 236 g/mol. The van der Waals surface area contributed by atoms with Crippen LogP contribution in [0.3, 0.4) is 0 Å². The summed E-state index contributed by atoms with van der Waals surface area (Å²) in [5, 5.41) is 3.63. The summed E-state index contributed by atoms with van der Waals surface area (Å²) in [6, 6.07) is 0. The molecule has 1 aliphatic carbocycles. The average molecular weight is 268 g/mol. The molecule has 2 aliphatic rings. The fourth-order valence-corrected chi connectivity index (χ4v) is 3.68. The Bertz CT molecular complexity index is 245. The summed E-state index contributed by atoms with van der Waals surface area (Å²) in [4.78, 5) is 2.59. The van der Waals surface area contributed by atoms with Crippen molar-refractivity contribution < 1.29 is 4.74 Å². The van der Waals surface area contributed by atoms with Gasteiger partial charge in [0.2, 0.25) is 0 Å². The molecule has 112 valence electrons. The maximum absolute atomic E-state index is 5.77. The molecular formula is C16H32N2O. The third kappa shape index (κ3) is 4.44. The number of rotatable bonds is 7. The largest absolute Gasteiger partial charge is 0.377 e. The minimum atomic E-state index is 0.419. The van der Waals surface area contributed by atoms with Crippen molar-refractivity contribution in [2.24, 2.45) is 0 Å². The monoisotopic (exact) mass is 268 g/mol. The van der Waals surface area contributed by atoms with Gasteiger partial charge in [-0.25, -0.2) is 0 Å². The van der Waals surface area contributed by atoms with E-state index in [1.165, 1.54) is 57.9 Å². The Hall–Kier alpha value is -0.120. The van der Waals surface area contributed by atoms with Gasteiger partial charge in [0, 0.05) is 18.7 Å². The number of ether oxygens (including phenoxy) is 1. The molecule has 2 rings (SSSR count). The minimum absolute atomic E-state index is 0.419. The molecule has 1 saturated heterocycles. The normalized spacial score (nSPS) is 27.0. The second kappa shape index (κ2) is 7.61. The minimum Gasteiger partial charge on any atom is -0.377 e. The molecule has 0 spiro atoms. The zero-order valence-corrected chi connectivity index (χ0v) is 12.9. The fourth-order valence-electron chi connectivity index (χ4n) is 3.68. The highest BCUT2D eigenvalue weighted by molar-refractivity contribution is 4.90. The van der Waals surface area contributed by atoms with E-state index in [9.17, 15) is 0 Å². The van der Waals surface area contributed by atoms with Crippen LogP contribution < -0.4 is 5.32 Å². The summed E-state index contributed by atoms with van der Waals surface area (Å²) in [7, 11) is 2.15. The highest BCUT2D eigenvalue weighted by Gasteiger charge is 2.30. The van der Waals surface area contributed by atoms with Gasteiger partial charge in [-0.05, 0) is 52.2 Å². The molecule has 1 atom stereocenters. The molecule has 3 heteroatoms. The molecule has 0 bridgehead atoms. The van der Waals surface area contributed by atoms with Crippen molar-refractivity contribution in [1.29, 1.82) is 0 Å². The van der Waals surface area contributed by atoms with E-state index >= 15 is 0 Å². The van der Waals surface area contributed by atoms with Crippen LogP contribution in [0.25, 0.3) is 0 Å². The molecule has 0 aromatic heterocycles. The number of hydrogen-bond acceptors (Lipinski definition) is 3. The van der Waals surface area contributed by atoms with Gasteiger partial charge in [0.05, 0.1) is 6.10 Å². The van der Waals surface area contributed by atoms with Gasteiger partial charge in [-0.1, -0.05) is 26.2 Å². The van der Waals surface area contributed by atoms with Gasteiger partial charge < -0.3 is 15.0 Å². The van der Waals surface area contributed by atoms with Crippen molar-refractivity contribution in [3.05, 3.63) is 0 Å². The highest BCUT2D eigenvalue weighted by Crippen LogP contribution is 2.31. The molecule has 1 aliphatic heterocycles. The molecule has 3 nitrogen and oxygen atoms in total. The maximum Gasteiger partial charge on any atom is 0.0702 e. The van der Waals surface area contributed by atoms with Crippen LogP contribution in [0.1, 0.15) is 58.3 Å². The third-order valence-electron chi connectivity index (χ3n) is 5.18. The maximum atomic E-state index is 5.77. The predicted octanol–water partition coefficient (Wildman–Crippen LogP) is 2.80. The average Bonchev–Trinajstić information content (AvgIpc) is 2.97. The molecule has 0 radical (unpaired) electrons. The standard InChI is InChI=1S/C16H32N2O/c1-3-18(14-15-8-7-13-19-15)12-11-16(17-2)9-5-4-6-10-16/h15,17H,3-14H2,1-2H3. The fraction of sp³-hybridized carbons (Fsp3) is 1.00. The summed E-state index contributed by atoms with van der Waals surface area (Å²) in [6.45, 7) is 6.76. The summed E-state index contributed by atoms with van der Waals surface area (Å²) in [6.07, 6.45) is 11.3. The molecule has 1 N–H and O–H groups in total. The van der Waals surface area contributed by atoms with Crippen molar-refractivity contribution >= 4 is 0 Å². The second-order valence-corrected chi connectivity index (χ2v) is 6.37. The van der Waals surface area contributed by atoms with E-state index < -0.39 is 0 Å². The molecule has 1 saturated carbocycles. The first-order chi connectivity index (χ1) is 9.28. The molecule has 19 heavy (non-hydrogen) atoms. The Kier molecular flexibility index (Phi) is 6.11. The Balaban J connectivity index is 1.76. The van der Waals surface area contributed by atoms with Crippen LogP contribution in [0.4, 0.5) is 0 Å². The van der Waals surface area contributed by atoms with Crippen LogP contribution in [0.2, 0.25) is 0 Å². The van der Waals surface area contributed by atoms with E-state index in [1.807, 2.05) is 0 Å². The zero-order valence-electron chi connectivity index (χ0n) is 12.9. The van der Waals surface area contributed by atoms with Gasteiger partial charge in [0.1, 0.15) is 0 Å². The van der Waals surface area contributed by atoms with E-state index in [0.717, 1.165) is 19.7 Å². The van der Waals surface area contributed by atoms with Crippen LogP contribution in [-0.4, -0.2) is 49.8 Å². The lowest BCUT2D eigenvalue weighted by molar-refractivity contribution is 0.0695. The molecule has 0 amide bonds. The van der Waals surface area contributed by atoms with Crippen LogP contribution >= 0.6 is 0 Å². The van der Waals surface area contributed by atoms with Gasteiger partial charge in [-0.3, -0.25) is 0 Å². The van der Waals surface area contributed by atoms with Gasteiger partial charge in [0.25, 0.3) is 0 Å². The molecule has 0 aromatic rings. The van der Waals surface area contributed by atoms with Gasteiger partial charge in [-0.15, -0.1) is 0 Å². The zero-order chi connectivity index (χ0) is 13.6. The first kappa shape index (κ1) is 15.3. The van der Waals surface area contributed by atoms with Crippen LogP contribution in [0, 0.1) is 0 Å². The Morgan fingerprint density at radius 3 is 2.58 bits per heavy atom. The van der Waals surface area contributed by atoms with E-state index in [1.54, 1.807) is 0 Å². The van der Waals surface area contributed by atoms with Gasteiger partial charge in [0.15, 0.2) is 0 Å². The van der Waals surface area contributed by atoms with E-state index in [2.05, 4.69) is 24.2 Å². The lowest BCUT2D eigenvalue weighted by Crippen LogP contribution is -2.47. The number of likely N-dealkylation sites (N-methyl/N-ethyl adjacent to an activating group) is 1. The SMILES string of the molecule is CCN(CCC1(NC)CCCCC1)CC1CCCO1. The lowest BCUT2D eigenvalue weighted by atomic mass is 9.79. The Morgan fingerprint density at radius 2 is 2.00 bits per heavy atom. The lowest BCUT2D eigenvalue weighted by Gasteiger charge is -2.39. The number of nitrogens with one attached hydrogen (secondary N) is 1. The predicted molar refractivity (Wildman–Crippen MR) is 80.6 cm³/mol.